The molecule has 0 aliphatic rings. The fraction of sp³-hybridized carbons (Fsp3) is 0.833. The van der Waals surface area contributed by atoms with Crippen LogP contribution in [0, 0.1) is 0 Å². The van der Waals surface area contributed by atoms with Crippen LogP contribution >= 0.6 is 0 Å². The van der Waals surface area contributed by atoms with Crippen LogP contribution in [0.1, 0.15) is 0 Å². The highest BCUT2D eigenvalue weighted by Crippen LogP contribution is 2.15. The van der Waals surface area contributed by atoms with Crippen molar-refractivity contribution < 1.29 is 34.7 Å². The van der Waals surface area contributed by atoms with Gasteiger partial charge in [0.2, 0.25) is 0 Å². The van der Waals surface area contributed by atoms with Gasteiger partial charge < -0.3 is 25.5 Å². The van der Waals surface area contributed by atoms with E-state index in [1.807, 2.05) is 0 Å². The molecular formula is C6H11FO6. The largest absolute Gasteiger partial charge is 0.394 e. The summed E-state index contributed by atoms with van der Waals surface area (Å²) in [5, 5.41) is 43.1. The molecule has 5 N–H and O–H groups in total. The highest BCUT2D eigenvalue weighted by Gasteiger charge is 2.42. The van der Waals surface area contributed by atoms with Crippen molar-refractivity contribution in [2.24, 2.45) is 0 Å². The molecule has 0 heterocycles. The number of carbonyl (C=O) groups is 1. The lowest BCUT2D eigenvalue weighted by atomic mass is 10.0. The average Bonchev–Trinajstić information content (AvgIpc) is 2.14. The lowest BCUT2D eigenvalue weighted by Gasteiger charge is -2.26. The summed E-state index contributed by atoms with van der Waals surface area (Å²) in [5.41, 5.74) is 0. The van der Waals surface area contributed by atoms with E-state index in [2.05, 4.69) is 0 Å². The predicted octanol–water partition coefficient (Wildman–Crippen LogP) is -3.08. The van der Waals surface area contributed by atoms with Gasteiger partial charge in [-0.25, -0.2) is 4.39 Å². The molecule has 0 aliphatic carbocycles. The standard InChI is InChI=1S/C6H11FO6/c7-6(13,2-9)5(12)4(11)3(10)1-8/h2-5,8,10-13H,1H2/t3-,4-,5+,6+/m1/s1/i7-1. The van der Waals surface area contributed by atoms with Crippen LogP contribution in [-0.4, -0.2) is 62.6 Å². The highest BCUT2D eigenvalue weighted by atomic mass is 18.2. The monoisotopic (exact) mass is 197 g/mol. The molecule has 0 aromatic heterocycles. The number of aliphatic hydroxyl groups is 5. The zero-order chi connectivity index (χ0) is 10.6. The number of hydrogen-bond donors (Lipinski definition) is 5. The van der Waals surface area contributed by atoms with Crippen LogP contribution in [0.4, 0.5) is 4.39 Å². The second-order valence-electron chi connectivity index (χ2n) is 2.53. The summed E-state index contributed by atoms with van der Waals surface area (Å²) in [4.78, 5) is 9.84. The van der Waals surface area contributed by atoms with Crippen molar-refractivity contribution in [1.29, 1.82) is 0 Å². The number of rotatable bonds is 5. The number of halogens is 1. The van der Waals surface area contributed by atoms with E-state index in [1.54, 1.807) is 0 Å². The lowest BCUT2D eigenvalue weighted by Crippen LogP contribution is -2.52. The van der Waals surface area contributed by atoms with Crippen molar-refractivity contribution in [2.75, 3.05) is 6.61 Å². The van der Waals surface area contributed by atoms with Gasteiger partial charge in [0.25, 0.3) is 5.85 Å². The summed E-state index contributed by atoms with van der Waals surface area (Å²) in [6, 6.07) is 0. The zero-order valence-electron chi connectivity index (χ0n) is 6.54. The molecule has 0 saturated heterocycles. The summed E-state index contributed by atoms with van der Waals surface area (Å²) in [7, 11) is 0. The van der Waals surface area contributed by atoms with Crippen LogP contribution in [0.5, 0.6) is 0 Å². The van der Waals surface area contributed by atoms with Gasteiger partial charge >= 0.3 is 0 Å². The van der Waals surface area contributed by atoms with E-state index < -0.39 is 37.1 Å². The maximum atomic E-state index is 12.5. The second kappa shape index (κ2) is 4.58. The van der Waals surface area contributed by atoms with Crippen LogP contribution in [-0.2, 0) is 4.79 Å². The van der Waals surface area contributed by atoms with Crippen LogP contribution in [0.2, 0.25) is 0 Å². The third-order valence-electron chi connectivity index (χ3n) is 1.48. The van der Waals surface area contributed by atoms with E-state index >= 15 is 0 Å². The number of alkyl halides is 1. The van der Waals surface area contributed by atoms with E-state index in [0.717, 1.165) is 0 Å². The molecule has 13 heavy (non-hydrogen) atoms. The molecule has 0 saturated carbocycles. The summed E-state index contributed by atoms with van der Waals surface area (Å²) < 4.78 is 12.5. The van der Waals surface area contributed by atoms with Gasteiger partial charge in [-0.2, -0.15) is 0 Å². The van der Waals surface area contributed by atoms with Gasteiger partial charge in [-0.05, 0) is 0 Å². The highest BCUT2D eigenvalue weighted by molar-refractivity contribution is 5.60. The minimum absolute atomic E-state index is 0.620. The van der Waals surface area contributed by atoms with Crippen LogP contribution in [0.15, 0.2) is 0 Å². The molecule has 0 spiro atoms. The molecule has 0 rings (SSSR count). The first-order chi connectivity index (χ1) is 5.86. The summed E-state index contributed by atoms with van der Waals surface area (Å²) in [5.74, 6) is -3.64. The smallest absolute Gasteiger partial charge is 0.291 e. The van der Waals surface area contributed by atoms with Crippen LogP contribution in [0.25, 0.3) is 0 Å². The zero-order valence-corrected chi connectivity index (χ0v) is 6.54. The molecule has 0 aliphatic heterocycles. The van der Waals surface area contributed by atoms with Crippen molar-refractivity contribution in [3.8, 4) is 0 Å². The Balaban J connectivity index is 4.40. The number of hydrogen-bond acceptors (Lipinski definition) is 6. The molecular weight excluding hydrogens is 186 g/mol. The number of aldehydes is 1. The molecule has 0 fully saturated rings. The third-order valence-corrected chi connectivity index (χ3v) is 1.48. The Morgan fingerprint density at radius 1 is 1.38 bits per heavy atom. The molecule has 6 nitrogen and oxygen atoms in total. The summed E-state index contributed by atoms with van der Waals surface area (Å²) in [6.07, 6.45) is -7.11. The Morgan fingerprint density at radius 3 is 2.15 bits per heavy atom. The van der Waals surface area contributed by atoms with Crippen molar-refractivity contribution >= 4 is 6.29 Å². The van der Waals surface area contributed by atoms with Crippen molar-refractivity contribution in [3.63, 3.8) is 0 Å². The minimum atomic E-state index is -3.64. The summed E-state index contributed by atoms with van der Waals surface area (Å²) in [6.45, 7) is -0.937. The van der Waals surface area contributed by atoms with Gasteiger partial charge in [-0.3, -0.25) is 4.79 Å². The van der Waals surface area contributed by atoms with Crippen LogP contribution < -0.4 is 0 Å². The van der Waals surface area contributed by atoms with Crippen molar-refractivity contribution in [2.45, 2.75) is 24.2 Å². The molecule has 0 bridgehead atoms. The fourth-order valence-corrected chi connectivity index (χ4v) is 0.628. The Kier molecular flexibility index (Phi) is 4.37. The first-order valence-corrected chi connectivity index (χ1v) is 3.39. The Bertz CT molecular complexity index is 173. The maximum absolute atomic E-state index is 12.5. The van der Waals surface area contributed by atoms with E-state index in [-0.39, 0.29) is 0 Å². The second-order valence-corrected chi connectivity index (χ2v) is 2.53. The molecule has 0 unspecified atom stereocenters. The van der Waals surface area contributed by atoms with Gasteiger partial charge in [-0.15, -0.1) is 0 Å². The normalized spacial score (nSPS) is 22.9. The molecule has 4 atom stereocenters. The molecule has 0 aromatic carbocycles. The number of carbonyl (C=O) groups excluding carboxylic acids is 1. The van der Waals surface area contributed by atoms with E-state index in [0.29, 0.717) is 0 Å². The Hall–Kier alpha value is -0.600. The van der Waals surface area contributed by atoms with Gasteiger partial charge in [0.15, 0.2) is 6.29 Å². The Labute approximate surface area is 72.9 Å². The molecule has 0 radical (unpaired) electrons. The topological polar surface area (TPSA) is 118 Å². The van der Waals surface area contributed by atoms with Crippen LogP contribution in [0.3, 0.4) is 0 Å². The van der Waals surface area contributed by atoms with E-state index in [4.69, 9.17) is 25.5 Å². The summed E-state index contributed by atoms with van der Waals surface area (Å²) >= 11 is 0. The molecule has 7 heteroatoms. The van der Waals surface area contributed by atoms with E-state index in [1.165, 1.54) is 0 Å². The molecule has 0 amide bonds. The quantitative estimate of drug-likeness (QED) is 0.298. The first-order valence-electron chi connectivity index (χ1n) is 3.39. The minimum Gasteiger partial charge on any atom is -0.394 e. The predicted molar refractivity (Wildman–Crippen MR) is 37.2 cm³/mol. The average molecular weight is 197 g/mol. The fourth-order valence-electron chi connectivity index (χ4n) is 0.628. The van der Waals surface area contributed by atoms with Gasteiger partial charge in [-0.1, -0.05) is 0 Å². The van der Waals surface area contributed by atoms with Gasteiger partial charge in [0.1, 0.15) is 18.3 Å². The van der Waals surface area contributed by atoms with Gasteiger partial charge in [0.05, 0.1) is 6.61 Å². The Morgan fingerprint density at radius 2 is 1.85 bits per heavy atom. The molecule has 0 aromatic rings. The maximum Gasteiger partial charge on any atom is 0.291 e. The van der Waals surface area contributed by atoms with Crippen molar-refractivity contribution in [1.82, 2.24) is 0 Å². The van der Waals surface area contributed by atoms with Gasteiger partial charge in [0, 0.05) is 0 Å². The SMILES string of the molecule is O=C[C@@](O)([18F])[C@@H](O)[C@H](O)[C@H](O)CO. The first kappa shape index (κ1) is 12.4. The lowest BCUT2D eigenvalue weighted by molar-refractivity contribution is -0.205. The van der Waals surface area contributed by atoms with E-state index in [9.17, 15) is 9.18 Å². The number of aliphatic hydroxyl groups excluding tert-OH is 4. The third kappa shape index (κ3) is 2.98. The molecule has 78 valence electrons. The van der Waals surface area contributed by atoms with Crippen molar-refractivity contribution in [3.05, 3.63) is 0 Å².